The third kappa shape index (κ3) is 8.45. The summed E-state index contributed by atoms with van der Waals surface area (Å²) < 4.78 is 12.2. The van der Waals surface area contributed by atoms with Crippen molar-refractivity contribution in [2.45, 2.75) is 44.6 Å². The number of amides is 2. The Morgan fingerprint density at radius 3 is 2.61 bits per heavy atom. The number of aliphatic hydroxyl groups is 2. The number of ether oxygens (including phenoxy) is 2. The second-order valence-electron chi connectivity index (χ2n) is 9.19. The van der Waals surface area contributed by atoms with Crippen LogP contribution in [0.25, 0.3) is 0 Å². The minimum absolute atomic E-state index is 0.0175. The van der Waals surface area contributed by atoms with E-state index in [4.69, 9.17) is 32.7 Å². The molecule has 0 saturated carbocycles. The summed E-state index contributed by atoms with van der Waals surface area (Å²) in [7, 11) is 1.42. The molecule has 1 aliphatic carbocycles. The molecule has 41 heavy (non-hydrogen) atoms. The number of methoxy groups -OCH3 is 1. The van der Waals surface area contributed by atoms with E-state index in [-0.39, 0.29) is 49.1 Å². The molecule has 0 heterocycles. The van der Waals surface area contributed by atoms with Gasteiger partial charge in [0.05, 0.1) is 33.4 Å². The van der Waals surface area contributed by atoms with Crippen molar-refractivity contribution in [2.24, 2.45) is 0 Å². The average molecular weight is 717 g/mol. The minimum atomic E-state index is -1.27. The molecule has 3 rings (SSSR count). The molecule has 0 saturated heterocycles. The number of aldehydes is 1. The van der Waals surface area contributed by atoms with Gasteiger partial charge in [-0.25, -0.2) is 0 Å². The zero-order valence-corrected chi connectivity index (χ0v) is 26.1. The molecule has 0 radical (unpaired) electrons. The van der Waals surface area contributed by atoms with Crippen molar-refractivity contribution in [3.05, 3.63) is 78.9 Å². The Balaban J connectivity index is 2.07. The minimum Gasteiger partial charge on any atom is -0.493 e. The number of halogens is 3. The van der Waals surface area contributed by atoms with Crippen molar-refractivity contribution in [3.8, 4) is 11.5 Å². The Bertz CT molecular complexity index is 1330. The molecule has 0 fully saturated rings. The number of nitrogens with zero attached hydrogens (tertiary/aromatic N) is 1. The summed E-state index contributed by atoms with van der Waals surface area (Å²) in [6.45, 7) is 1.73. The zero-order chi connectivity index (χ0) is 30.1. The number of rotatable bonds is 12. The maximum Gasteiger partial charge on any atom is 0.247 e. The summed E-state index contributed by atoms with van der Waals surface area (Å²) in [5, 5.41) is 24.2. The summed E-state index contributed by atoms with van der Waals surface area (Å²) in [5.74, 6) is -0.306. The maximum absolute atomic E-state index is 13.5. The van der Waals surface area contributed by atoms with E-state index in [1.165, 1.54) is 30.2 Å². The fourth-order valence-electron chi connectivity index (χ4n) is 4.35. The number of benzene rings is 2. The first-order valence-electron chi connectivity index (χ1n) is 12.8. The third-order valence-electron chi connectivity index (χ3n) is 6.37. The van der Waals surface area contributed by atoms with E-state index in [0.717, 1.165) is 0 Å². The van der Waals surface area contributed by atoms with E-state index < -0.39 is 24.2 Å². The summed E-state index contributed by atoms with van der Waals surface area (Å²) in [6.07, 6.45) is 3.61. The van der Waals surface area contributed by atoms with Crippen LogP contribution in [0.4, 0.5) is 0 Å². The molecule has 0 aromatic heterocycles. The topological polar surface area (TPSA) is 125 Å². The maximum atomic E-state index is 13.5. The predicted molar refractivity (Wildman–Crippen MR) is 165 cm³/mol. The van der Waals surface area contributed by atoms with Crippen LogP contribution < -0.4 is 14.8 Å². The van der Waals surface area contributed by atoms with Crippen molar-refractivity contribution in [1.29, 1.82) is 0 Å². The lowest BCUT2D eigenvalue weighted by Gasteiger charge is -2.40. The molecule has 220 valence electrons. The van der Waals surface area contributed by atoms with Crippen molar-refractivity contribution in [3.63, 3.8) is 0 Å². The number of hydrogen-bond acceptors (Lipinski definition) is 7. The molecule has 3 N–H and O–H groups in total. The van der Waals surface area contributed by atoms with E-state index in [9.17, 15) is 24.6 Å². The number of nitrogens with one attached hydrogen (secondary N) is 1. The summed E-state index contributed by atoms with van der Waals surface area (Å²) >= 11 is 14.3. The summed E-state index contributed by atoms with van der Waals surface area (Å²) in [6, 6.07) is 7.22. The quantitative estimate of drug-likeness (QED) is 0.170. The van der Waals surface area contributed by atoms with Gasteiger partial charge in [-0.1, -0.05) is 42.3 Å². The number of carbonyl (C=O) groups is 3. The van der Waals surface area contributed by atoms with Gasteiger partial charge < -0.3 is 29.9 Å². The lowest BCUT2D eigenvalue weighted by atomic mass is 9.87. The number of carbonyl (C=O) groups excluding carboxylic acids is 3. The first-order valence-corrected chi connectivity index (χ1v) is 14.6. The number of allylic oxidation sites excluding steroid dienone is 1. The van der Waals surface area contributed by atoms with Crippen LogP contribution in [0.2, 0.25) is 10.0 Å². The molecule has 1 aliphatic rings. The highest BCUT2D eigenvalue weighted by molar-refractivity contribution is 14.1. The first kappa shape index (κ1) is 32.9. The van der Waals surface area contributed by atoms with Gasteiger partial charge in [0.25, 0.3) is 0 Å². The Morgan fingerprint density at radius 1 is 1.22 bits per heavy atom. The number of aliphatic hydroxyl groups excluding tert-OH is 2. The van der Waals surface area contributed by atoms with Crippen molar-refractivity contribution >= 4 is 63.9 Å². The van der Waals surface area contributed by atoms with Gasteiger partial charge in [-0.3, -0.25) is 14.4 Å². The molecule has 9 nitrogen and oxygen atoms in total. The molecule has 0 spiro atoms. The van der Waals surface area contributed by atoms with E-state index in [1.54, 1.807) is 30.3 Å². The van der Waals surface area contributed by atoms with Gasteiger partial charge in [-0.15, -0.1) is 0 Å². The van der Waals surface area contributed by atoms with Gasteiger partial charge in [-0.05, 0) is 71.0 Å². The standard InChI is InChI=1S/C29H31Cl2IN2O7/c1-3-4-5-26(37)34(15-17-6-7-20(30)21(31)10-17)23-13-19(29(39)33-8-9-35)14-24(27(23)38)41-28-22(32)11-18(16-36)12-25(28)40-2/h4-7,10-12,14,16,23-24,27,35,38H,3,8-9,13,15H2,1-2H3,(H,33,39). The Hall–Kier alpha value is -2.64. The van der Waals surface area contributed by atoms with Crippen molar-refractivity contribution in [1.82, 2.24) is 10.2 Å². The van der Waals surface area contributed by atoms with E-state index in [2.05, 4.69) is 5.32 Å². The molecule has 2 amide bonds. The molecule has 2 aromatic rings. The zero-order valence-electron chi connectivity index (χ0n) is 22.5. The lowest BCUT2D eigenvalue weighted by molar-refractivity contribution is -0.134. The second-order valence-corrected chi connectivity index (χ2v) is 11.2. The smallest absolute Gasteiger partial charge is 0.247 e. The van der Waals surface area contributed by atoms with Crippen LogP contribution in [0.15, 0.2) is 54.1 Å². The predicted octanol–water partition coefficient (Wildman–Crippen LogP) is 4.33. The van der Waals surface area contributed by atoms with E-state index in [0.29, 0.717) is 37.4 Å². The van der Waals surface area contributed by atoms with Crippen LogP contribution in [0.3, 0.4) is 0 Å². The Morgan fingerprint density at radius 2 is 1.98 bits per heavy atom. The average Bonchev–Trinajstić information content (AvgIpc) is 2.96. The van der Waals surface area contributed by atoms with E-state index >= 15 is 0 Å². The van der Waals surface area contributed by atoms with Crippen LogP contribution in [0.5, 0.6) is 11.5 Å². The molecule has 2 aromatic carbocycles. The van der Waals surface area contributed by atoms with E-state index in [1.807, 2.05) is 29.5 Å². The van der Waals surface area contributed by atoms with Gasteiger partial charge in [0, 0.05) is 30.6 Å². The highest BCUT2D eigenvalue weighted by atomic mass is 127. The van der Waals surface area contributed by atoms with Crippen molar-refractivity contribution < 1.29 is 34.1 Å². The third-order valence-corrected chi connectivity index (χ3v) is 7.91. The SMILES string of the molecule is CCC=CC(=O)N(Cc1ccc(Cl)c(Cl)c1)C1CC(C(=O)NCCO)=CC(Oc2c(I)cc(C=O)cc2OC)C1O. The largest absolute Gasteiger partial charge is 0.493 e. The normalized spacial score (nSPS) is 18.5. The molecule has 0 bridgehead atoms. The van der Waals surface area contributed by atoms with Gasteiger partial charge in [0.1, 0.15) is 18.5 Å². The summed E-state index contributed by atoms with van der Waals surface area (Å²) in [4.78, 5) is 39.3. The highest BCUT2D eigenvalue weighted by Crippen LogP contribution is 2.37. The number of hydrogen-bond donors (Lipinski definition) is 3. The molecule has 3 atom stereocenters. The fourth-order valence-corrected chi connectivity index (χ4v) is 5.42. The van der Waals surface area contributed by atoms with Gasteiger partial charge in [-0.2, -0.15) is 0 Å². The fraction of sp³-hybridized carbons (Fsp3) is 0.345. The van der Waals surface area contributed by atoms with Crippen LogP contribution in [-0.2, 0) is 16.1 Å². The van der Waals surface area contributed by atoms with Crippen molar-refractivity contribution in [2.75, 3.05) is 20.3 Å². The molecular formula is C29H31Cl2IN2O7. The first-order chi connectivity index (χ1) is 19.6. The van der Waals surface area contributed by atoms with Gasteiger partial charge in [0.2, 0.25) is 11.8 Å². The second kappa shape index (κ2) is 15.5. The molecule has 0 aliphatic heterocycles. The van der Waals surface area contributed by atoms with Crippen LogP contribution in [-0.4, -0.2) is 71.7 Å². The van der Waals surface area contributed by atoms with Gasteiger partial charge >= 0.3 is 0 Å². The lowest BCUT2D eigenvalue weighted by Crippen LogP contribution is -2.54. The van der Waals surface area contributed by atoms with Crippen LogP contribution >= 0.6 is 45.8 Å². The molecule has 3 unspecified atom stereocenters. The van der Waals surface area contributed by atoms with Crippen LogP contribution in [0.1, 0.15) is 35.7 Å². The van der Waals surface area contributed by atoms with Crippen LogP contribution in [0, 0.1) is 3.57 Å². The summed E-state index contributed by atoms with van der Waals surface area (Å²) in [5.41, 5.74) is 1.31. The monoisotopic (exact) mass is 716 g/mol. The molecular weight excluding hydrogens is 686 g/mol. The highest BCUT2D eigenvalue weighted by Gasteiger charge is 2.40. The Kier molecular flexibility index (Phi) is 12.5. The molecule has 12 heteroatoms. The van der Waals surface area contributed by atoms with Gasteiger partial charge in [0.15, 0.2) is 11.5 Å². The Labute approximate surface area is 262 Å².